The molecule has 1 heterocycles. The van der Waals surface area contributed by atoms with Gasteiger partial charge in [-0.1, -0.05) is 15.9 Å². The van der Waals surface area contributed by atoms with Gasteiger partial charge < -0.3 is 9.84 Å². The van der Waals surface area contributed by atoms with Gasteiger partial charge in [-0.05, 0) is 48.1 Å². The average molecular weight is 297 g/mol. The van der Waals surface area contributed by atoms with Gasteiger partial charge in [-0.3, -0.25) is 4.79 Å². The van der Waals surface area contributed by atoms with Crippen LogP contribution in [-0.2, 0) is 28.0 Å². The highest BCUT2D eigenvalue weighted by molar-refractivity contribution is 9.10. The first-order valence-corrected chi connectivity index (χ1v) is 6.56. The Balaban J connectivity index is 2.16. The summed E-state index contributed by atoms with van der Waals surface area (Å²) < 4.78 is 6.44. The second kappa shape index (κ2) is 3.82. The van der Waals surface area contributed by atoms with Gasteiger partial charge in [0.2, 0.25) is 0 Å². The van der Waals surface area contributed by atoms with Crippen LogP contribution in [0.25, 0.3) is 0 Å². The van der Waals surface area contributed by atoms with Gasteiger partial charge >= 0.3 is 5.97 Å². The van der Waals surface area contributed by atoms with E-state index in [2.05, 4.69) is 22.0 Å². The Morgan fingerprint density at radius 3 is 2.82 bits per heavy atom. The molecule has 0 spiro atoms. The summed E-state index contributed by atoms with van der Waals surface area (Å²) in [6.45, 7) is 1.27. The van der Waals surface area contributed by atoms with E-state index in [9.17, 15) is 9.90 Å². The van der Waals surface area contributed by atoms with Crippen molar-refractivity contribution in [3.8, 4) is 0 Å². The molecule has 17 heavy (non-hydrogen) atoms. The number of benzene rings is 1. The van der Waals surface area contributed by atoms with Crippen molar-refractivity contribution in [1.82, 2.24) is 0 Å². The van der Waals surface area contributed by atoms with Crippen LogP contribution in [0.2, 0.25) is 0 Å². The molecule has 0 aromatic heterocycles. The first-order chi connectivity index (χ1) is 8.13. The molecule has 3 rings (SSSR count). The normalized spacial score (nSPS) is 20.8. The Hall–Kier alpha value is -0.870. The van der Waals surface area contributed by atoms with E-state index in [1.807, 2.05) is 6.07 Å². The molecular weight excluding hydrogens is 284 g/mol. The molecule has 0 saturated heterocycles. The predicted molar refractivity (Wildman–Crippen MR) is 66.0 cm³/mol. The Morgan fingerprint density at radius 1 is 1.41 bits per heavy atom. The van der Waals surface area contributed by atoms with Gasteiger partial charge in [-0.15, -0.1) is 0 Å². The van der Waals surface area contributed by atoms with E-state index >= 15 is 0 Å². The van der Waals surface area contributed by atoms with E-state index in [1.165, 1.54) is 5.56 Å². The molecule has 4 heteroatoms. The molecule has 0 atom stereocenters. The molecule has 2 aliphatic rings. The Labute approximate surface area is 108 Å². The van der Waals surface area contributed by atoms with Gasteiger partial charge in [0.05, 0.1) is 18.6 Å². The van der Waals surface area contributed by atoms with Gasteiger partial charge in [0.1, 0.15) is 0 Å². The minimum absolute atomic E-state index is 0.549. The predicted octanol–water partition coefficient (Wildman–Crippen LogP) is 2.64. The van der Waals surface area contributed by atoms with Crippen LogP contribution in [0.1, 0.15) is 29.5 Å². The van der Waals surface area contributed by atoms with Gasteiger partial charge in [-0.25, -0.2) is 0 Å². The SMILES string of the molecule is O=C(O)C1(c2cc(Br)cc3c2COCC3)CC1. The number of carboxylic acids is 1. The lowest BCUT2D eigenvalue weighted by atomic mass is 9.87. The maximum absolute atomic E-state index is 11.4. The van der Waals surface area contributed by atoms with Crippen molar-refractivity contribution in [3.63, 3.8) is 0 Å². The fourth-order valence-electron chi connectivity index (χ4n) is 2.59. The third-order valence-corrected chi connectivity index (χ3v) is 4.20. The molecule has 1 fully saturated rings. The fraction of sp³-hybridized carbons (Fsp3) is 0.462. The molecule has 0 bridgehead atoms. The van der Waals surface area contributed by atoms with Crippen molar-refractivity contribution in [3.05, 3.63) is 33.3 Å². The van der Waals surface area contributed by atoms with Crippen molar-refractivity contribution in [2.75, 3.05) is 6.61 Å². The van der Waals surface area contributed by atoms with Crippen LogP contribution in [0.5, 0.6) is 0 Å². The number of halogens is 1. The van der Waals surface area contributed by atoms with Crippen LogP contribution in [0, 0.1) is 0 Å². The van der Waals surface area contributed by atoms with Gasteiger partial charge in [0, 0.05) is 4.47 Å². The first-order valence-electron chi connectivity index (χ1n) is 5.76. The van der Waals surface area contributed by atoms with Gasteiger partial charge in [0.15, 0.2) is 0 Å². The van der Waals surface area contributed by atoms with Crippen LogP contribution in [-0.4, -0.2) is 17.7 Å². The van der Waals surface area contributed by atoms with E-state index in [0.29, 0.717) is 6.61 Å². The summed E-state index contributed by atoms with van der Waals surface area (Å²) in [5, 5.41) is 9.39. The maximum atomic E-state index is 11.4. The second-order valence-corrected chi connectivity index (χ2v) is 5.70. The lowest BCUT2D eigenvalue weighted by molar-refractivity contribution is -0.140. The third kappa shape index (κ3) is 1.70. The molecule has 1 N–H and O–H groups in total. The smallest absolute Gasteiger partial charge is 0.314 e. The van der Waals surface area contributed by atoms with E-state index in [4.69, 9.17) is 4.74 Å². The largest absolute Gasteiger partial charge is 0.481 e. The summed E-state index contributed by atoms with van der Waals surface area (Å²) in [4.78, 5) is 11.4. The molecule has 0 amide bonds. The van der Waals surface area contributed by atoms with E-state index < -0.39 is 11.4 Å². The quantitative estimate of drug-likeness (QED) is 0.913. The zero-order chi connectivity index (χ0) is 12.0. The summed E-state index contributed by atoms with van der Waals surface area (Å²) in [6.07, 6.45) is 2.36. The summed E-state index contributed by atoms with van der Waals surface area (Å²) in [5.74, 6) is -0.705. The molecule has 1 aromatic carbocycles. The number of rotatable bonds is 2. The van der Waals surface area contributed by atoms with Crippen molar-refractivity contribution in [2.24, 2.45) is 0 Å². The zero-order valence-electron chi connectivity index (χ0n) is 9.33. The highest BCUT2D eigenvalue weighted by atomic mass is 79.9. The maximum Gasteiger partial charge on any atom is 0.314 e. The zero-order valence-corrected chi connectivity index (χ0v) is 10.9. The molecule has 90 valence electrons. The molecule has 3 nitrogen and oxygen atoms in total. The highest BCUT2D eigenvalue weighted by Crippen LogP contribution is 2.51. The van der Waals surface area contributed by atoms with Crippen LogP contribution >= 0.6 is 15.9 Å². The van der Waals surface area contributed by atoms with Crippen molar-refractivity contribution in [1.29, 1.82) is 0 Å². The number of hydrogen-bond donors (Lipinski definition) is 1. The van der Waals surface area contributed by atoms with Crippen molar-refractivity contribution in [2.45, 2.75) is 31.3 Å². The van der Waals surface area contributed by atoms with E-state index in [1.54, 1.807) is 0 Å². The molecule has 1 aliphatic carbocycles. The number of carbonyl (C=O) groups is 1. The third-order valence-electron chi connectivity index (χ3n) is 3.74. The van der Waals surface area contributed by atoms with E-state index in [-0.39, 0.29) is 0 Å². The minimum Gasteiger partial charge on any atom is -0.481 e. The summed E-state index contributed by atoms with van der Waals surface area (Å²) in [5.41, 5.74) is 2.63. The van der Waals surface area contributed by atoms with Crippen molar-refractivity contribution >= 4 is 21.9 Å². The number of carboxylic acid groups (broad SMARTS) is 1. The van der Waals surface area contributed by atoms with Crippen LogP contribution < -0.4 is 0 Å². The lowest BCUT2D eigenvalue weighted by Gasteiger charge is -2.23. The molecular formula is C13H13BrO3. The lowest BCUT2D eigenvalue weighted by Crippen LogP contribution is -2.24. The first kappa shape index (κ1) is 11.2. The summed E-state index contributed by atoms with van der Waals surface area (Å²) in [6, 6.07) is 4.04. The van der Waals surface area contributed by atoms with Gasteiger partial charge in [0.25, 0.3) is 0 Å². The standard InChI is InChI=1S/C13H13BrO3/c14-9-5-8-1-4-17-7-10(8)11(6-9)13(2-3-13)12(15)16/h5-6H,1-4,7H2,(H,15,16). The van der Waals surface area contributed by atoms with Crippen molar-refractivity contribution < 1.29 is 14.6 Å². The molecule has 0 radical (unpaired) electrons. The number of aliphatic carboxylic acids is 1. The average Bonchev–Trinajstić information content (AvgIpc) is 3.09. The fourth-order valence-corrected chi connectivity index (χ4v) is 3.10. The molecule has 1 aromatic rings. The number of ether oxygens (including phenoxy) is 1. The molecule has 1 saturated carbocycles. The number of hydrogen-bond acceptors (Lipinski definition) is 2. The topological polar surface area (TPSA) is 46.5 Å². The Bertz CT molecular complexity index is 492. The Kier molecular flexibility index (Phi) is 2.52. The van der Waals surface area contributed by atoms with Crippen LogP contribution in [0.15, 0.2) is 16.6 Å². The minimum atomic E-state index is -0.705. The Morgan fingerprint density at radius 2 is 2.18 bits per heavy atom. The monoisotopic (exact) mass is 296 g/mol. The summed E-state index contributed by atoms with van der Waals surface area (Å²) >= 11 is 3.48. The van der Waals surface area contributed by atoms with Crippen LogP contribution in [0.3, 0.4) is 0 Å². The summed E-state index contributed by atoms with van der Waals surface area (Å²) in [7, 11) is 0. The second-order valence-electron chi connectivity index (χ2n) is 4.78. The van der Waals surface area contributed by atoms with Gasteiger partial charge in [-0.2, -0.15) is 0 Å². The highest BCUT2D eigenvalue weighted by Gasteiger charge is 2.53. The van der Waals surface area contributed by atoms with Crippen LogP contribution in [0.4, 0.5) is 0 Å². The van der Waals surface area contributed by atoms with E-state index in [0.717, 1.165) is 41.5 Å². The molecule has 0 unspecified atom stereocenters. The molecule has 1 aliphatic heterocycles. The number of fused-ring (bicyclic) bond motifs is 1.